The highest BCUT2D eigenvalue weighted by Gasteiger charge is 2.26. The van der Waals surface area contributed by atoms with E-state index in [4.69, 9.17) is 49.0 Å². The number of carbonyl (C=O) groups excluding carboxylic acids is 1. The standard InChI is InChI=1S/C25H31Cl3O6S/c1-5-35(31)15-19(30)13-32-20-8-6-17(7-9-20)25(3,4)18-10-22(27)24(23(28)11-18)33-14-21(12-26)34-16(2)29/h6-11,19,21,30H,5,12-15H2,1-4H3/t19-,21-,35?/m0/s1. The largest absolute Gasteiger partial charge is 0.491 e. The summed E-state index contributed by atoms with van der Waals surface area (Å²) in [5.41, 5.74) is 1.42. The molecule has 0 aliphatic heterocycles. The highest BCUT2D eigenvalue weighted by molar-refractivity contribution is 7.84. The van der Waals surface area contributed by atoms with Crippen LogP contribution in [0, 0.1) is 0 Å². The lowest BCUT2D eigenvalue weighted by Gasteiger charge is -2.27. The van der Waals surface area contributed by atoms with Gasteiger partial charge in [0.2, 0.25) is 0 Å². The van der Waals surface area contributed by atoms with Crippen LogP contribution < -0.4 is 9.47 Å². The van der Waals surface area contributed by atoms with E-state index in [0.717, 1.165) is 11.1 Å². The molecule has 2 aromatic carbocycles. The molecule has 0 amide bonds. The third kappa shape index (κ3) is 8.83. The Hall–Kier alpha value is -1.51. The summed E-state index contributed by atoms with van der Waals surface area (Å²) in [5, 5.41) is 10.6. The van der Waals surface area contributed by atoms with Crippen LogP contribution in [-0.2, 0) is 25.7 Å². The molecule has 6 nitrogen and oxygen atoms in total. The highest BCUT2D eigenvalue weighted by atomic mass is 35.5. The molecule has 0 saturated carbocycles. The van der Waals surface area contributed by atoms with Crippen molar-refractivity contribution in [2.75, 3.05) is 30.6 Å². The first kappa shape index (κ1) is 29.7. The van der Waals surface area contributed by atoms with Crippen LogP contribution in [0.1, 0.15) is 38.8 Å². The molecule has 1 N–H and O–H groups in total. The molecule has 0 aliphatic carbocycles. The Bertz CT molecular complexity index is 990. The molecule has 0 aliphatic rings. The van der Waals surface area contributed by atoms with Gasteiger partial charge in [0.1, 0.15) is 25.1 Å². The van der Waals surface area contributed by atoms with Gasteiger partial charge in [-0.3, -0.25) is 9.00 Å². The van der Waals surface area contributed by atoms with Crippen LogP contribution in [-0.4, -0.2) is 58.1 Å². The molecule has 0 spiro atoms. The number of ether oxygens (including phenoxy) is 3. The van der Waals surface area contributed by atoms with Gasteiger partial charge in [-0.25, -0.2) is 0 Å². The number of hydrogen-bond donors (Lipinski definition) is 1. The number of aliphatic hydroxyl groups excluding tert-OH is 1. The lowest BCUT2D eigenvalue weighted by molar-refractivity contribution is -0.146. The minimum atomic E-state index is -1.05. The quantitative estimate of drug-likeness (QED) is 0.260. The molecule has 1 unspecified atom stereocenters. The predicted molar refractivity (Wildman–Crippen MR) is 142 cm³/mol. The van der Waals surface area contributed by atoms with E-state index < -0.39 is 34.4 Å². The minimum absolute atomic E-state index is 0.0236. The Balaban J connectivity index is 2.11. The Labute approximate surface area is 224 Å². The van der Waals surface area contributed by atoms with Gasteiger partial charge in [-0.15, -0.1) is 11.6 Å². The van der Waals surface area contributed by atoms with Gasteiger partial charge in [-0.2, -0.15) is 0 Å². The second-order valence-corrected chi connectivity index (χ2v) is 11.4. The fourth-order valence-electron chi connectivity index (χ4n) is 3.29. The number of alkyl halides is 1. The van der Waals surface area contributed by atoms with Crippen LogP contribution >= 0.6 is 34.8 Å². The summed E-state index contributed by atoms with van der Waals surface area (Å²) in [6, 6.07) is 11.1. The molecule has 0 fully saturated rings. The van der Waals surface area contributed by atoms with Gasteiger partial charge in [0.15, 0.2) is 5.75 Å². The molecule has 3 atom stereocenters. The zero-order chi connectivity index (χ0) is 26.2. The van der Waals surface area contributed by atoms with Crippen LogP contribution in [0.3, 0.4) is 0 Å². The van der Waals surface area contributed by atoms with Crippen molar-refractivity contribution in [1.82, 2.24) is 0 Å². The van der Waals surface area contributed by atoms with Gasteiger partial charge >= 0.3 is 5.97 Å². The van der Waals surface area contributed by atoms with Crippen molar-refractivity contribution in [3.63, 3.8) is 0 Å². The average molecular weight is 566 g/mol. The molecule has 10 heteroatoms. The van der Waals surface area contributed by atoms with Gasteiger partial charge in [-0.1, -0.05) is 56.1 Å². The van der Waals surface area contributed by atoms with E-state index in [2.05, 4.69) is 0 Å². The minimum Gasteiger partial charge on any atom is -0.491 e. The first-order chi connectivity index (χ1) is 16.5. The monoisotopic (exact) mass is 564 g/mol. The molecule has 0 saturated heterocycles. The van der Waals surface area contributed by atoms with Crippen molar-refractivity contribution in [2.24, 2.45) is 0 Å². The van der Waals surface area contributed by atoms with E-state index in [-0.39, 0.29) is 24.8 Å². The zero-order valence-electron chi connectivity index (χ0n) is 20.2. The summed E-state index contributed by atoms with van der Waals surface area (Å²) in [6.07, 6.45) is -1.40. The molecule has 194 valence electrons. The van der Waals surface area contributed by atoms with Gasteiger partial charge in [0.05, 0.1) is 27.8 Å². The summed E-state index contributed by atoms with van der Waals surface area (Å²) in [7, 11) is -1.05. The number of aliphatic hydroxyl groups is 1. The Morgan fingerprint density at radius 2 is 1.66 bits per heavy atom. The second kappa shape index (κ2) is 13.7. The third-order valence-electron chi connectivity index (χ3n) is 5.36. The van der Waals surface area contributed by atoms with Crippen LogP contribution in [0.25, 0.3) is 0 Å². The molecule has 35 heavy (non-hydrogen) atoms. The summed E-state index contributed by atoms with van der Waals surface area (Å²) < 4.78 is 28.0. The maximum absolute atomic E-state index is 11.6. The first-order valence-electron chi connectivity index (χ1n) is 11.1. The van der Waals surface area contributed by atoms with E-state index in [0.29, 0.717) is 27.3 Å². The maximum atomic E-state index is 11.6. The number of hydrogen-bond acceptors (Lipinski definition) is 6. The number of rotatable bonds is 13. The molecule has 0 aromatic heterocycles. The SMILES string of the molecule is CCS(=O)C[C@@H](O)COc1ccc(C(C)(C)c2cc(Cl)c(OC[C@H](CCl)OC(C)=O)c(Cl)c2)cc1. The topological polar surface area (TPSA) is 82.1 Å². The van der Waals surface area contributed by atoms with Crippen molar-refractivity contribution in [3.8, 4) is 11.5 Å². The van der Waals surface area contributed by atoms with E-state index >= 15 is 0 Å². The second-order valence-electron chi connectivity index (χ2n) is 8.48. The van der Waals surface area contributed by atoms with Crippen LogP contribution in [0.2, 0.25) is 10.0 Å². The third-order valence-corrected chi connectivity index (χ3v) is 7.66. The maximum Gasteiger partial charge on any atom is 0.303 e. The Morgan fingerprint density at radius 1 is 1.06 bits per heavy atom. The normalized spacial score (nSPS) is 14.2. The first-order valence-corrected chi connectivity index (χ1v) is 13.9. The molecule has 2 rings (SSSR count). The van der Waals surface area contributed by atoms with E-state index in [1.165, 1.54) is 6.92 Å². The van der Waals surface area contributed by atoms with Gasteiger partial charge in [0, 0.05) is 28.9 Å². The lowest BCUT2D eigenvalue weighted by atomic mass is 9.78. The Morgan fingerprint density at radius 3 is 2.17 bits per heavy atom. The fourth-order valence-corrected chi connectivity index (χ4v) is 4.80. The van der Waals surface area contributed by atoms with Crippen LogP contribution in [0.4, 0.5) is 0 Å². The van der Waals surface area contributed by atoms with Gasteiger partial charge in [0.25, 0.3) is 0 Å². The van der Waals surface area contributed by atoms with Gasteiger partial charge < -0.3 is 19.3 Å². The number of benzene rings is 2. The molecule has 0 bridgehead atoms. The summed E-state index contributed by atoms with van der Waals surface area (Å²) >= 11 is 18.8. The molecule has 2 aromatic rings. The van der Waals surface area contributed by atoms with Gasteiger partial charge in [-0.05, 0) is 35.4 Å². The predicted octanol–water partition coefficient (Wildman–Crippen LogP) is 5.38. The summed E-state index contributed by atoms with van der Waals surface area (Å²) in [4.78, 5) is 11.2. The molecule has 0 radical (unpaired) electrons. The van der Waals surface area contributed by atoms with Crippen LogP contribution in [0.15, 0.2) is 36.4 Å². The van der Waals surface area contributed by atoms with E-state index in [9.17, 15) is 14.1 Å². The van der Waals surface area contributed by atoms with Crippen molar-refractivity contribution in [3.05, 3.63) is 57.6 Å². The smallest absolute Gasteiger partial charge is 0.303 e. The molecule has 0 heterocycles. The molecular weight excluding hydrogens is 535 g/mol. The number of halogens is 3. The average Bonchev–Trinajstić information content (AvgIpc) is 2.81. The zero-order valence-corrected chi connectivity index (χ0v) is 23.3. The van der Waals surface area contributed by atoms with Crippen LogP contribution in [0.5, 0.6) is 11.5 Å². The number of esters is 1. The molecular formula is C25H31Cl3O6S. The summed E-state index contributed by atoms with van der Waals surface area (Å²) in [6.45, 7) is 7.29. The fraction of sp³-hybridized carbons (Fsp3) is 0.480. The number of carbonyl (C=O) groups is 1. The Kier molecular flexibility index (Phi) is 11.6. The lowest BCUT2D eigenvalue weighted by Crippen LogP contribution is -2.26. The highest BCUT2D eigenvalue weighted by Crippen LogP contribution is 2.40. The van der Waals surface area contributed by atoms with E-state index in [1.54, 1.807) is 12.1 Å². The van der Waals surface area contributed by atoms with Crippen molar-refractivity contribution >= 4 is 51.6 Å². The van der Waals surface area contributed by atoms with Crippen molar-refractivity contribution in [2.45, 2.75) is 45.3 Å². The van der Waals surface area contributed by atoms with Crippen molar-refractivity contribution in [1.29, 1.82) is 0 Å². The summed E-state index contributed by atoms with van der Waals surface area (Å²) in [5.74, 6) is 1.23. The van der Waals surface area contributed by atoms with Crippen molar-refractivity contribution < 1.29 is 28.3 Å². The van der Waals surface area contributed by atoms with E-state index in [1.807, 2.05) is 45.0 Å².